The van der Waals surface area contributed by atoms with Gasteiger partial charge in [0.2, 0.25) is 5.91 Å². The quantitative estimate of drug-likeness (QED) is 0.883. The number of nitrogens with zero attached hydrogens (tertiary/aromatic N) is 1. The van der Waals surface area contributed by atoms with Gasteiger partial charge >= 0.3 is 0 Å². The van der Waals surface area contributed by atoms with Crippen LogP contribution in [0.25, 0.3) is 0 Å². The molecule has 0 unspecified atom stereocenters. The van der Waals surface area contributed by atoms with E-state index < -0.39 is 0 Å². The van der Waals surface area contributed by atoms with E-state index in [2.05, 4.69) is 26.6 Å². The van der Waals surface area contributed by atoms with Gasteiger partial charge in [-0.25, -0.2) is 0 Å². The van der Waals surface area contributed by atoms with Gasteiger partial charge in [-0.1, -0.05) is 15.9 Å². The molecule has 19 heavy (non-hydrogen) atoms. The number of nitrogens with one attached hydrogen (secondary N) is 2. The van der Waals surface area contributed by atoms with E-state index in [0.717, 1.165) is 17.6 Å². The van der Waals surface area contributed by atoms with Gasteiger partial charge in [0.05, 0.1) is 16.9 Å². The molecule has 100 valence electrons. The van der Waals surface area contributed by atoms with Crippen LogP contribution >= 0.6 is 15.9 Å². The lowest BCUT2D eigenvalue weighted by atomic mass is 10.0. The van der Waals surface area contributed by atoms with Crippen molar-refractivity contribution < 1.29 is 9.53 Å². The number of halogens is 1. The summed E-state index contributed by atoms with van der Waals surface area (Å²) in [6.45, 7) is 3.44. The maximum absolute atomic E-state index is 11.8. The normalized spacial score (nSPS) is 16.3. The van der Waals surface area contributed by atoms with E-state index in [9.17, 15) is 4.79 Å². The highest BCUT2D eigenvalue weighted by Crippen LogP contribution is 2.20. The van der Waals surface area contributed by atoms with E-state index in [0.29, 0.717) is 11.3 Å². The van der Waals surface area contributed by atoms with Gasteiger partial charge in [0.25, 0.3) is 0 Å². The Morgan fingerprint density at radius 2 is 2.37 bits per heavy atom. The summed E-state index contributed by atoms with van der Waals surface area (Å²) in [6.07, 6.45) is 0. The molecule has 0 atom stereocenters. The average Bonchev–Trinajstić information content (AvgIpc) is 2.36. The van der Waals surface area contributed by atoms with Crippen molar-refractivity contribution in [2.75, 3.05) is 25.0 Å². The second kappa shape index (κ2) is 5.70. The number of carbonyl (C=O) groups excluding carboxylic acids is 1. The molecule has 2 rings (SSSR count). The molecule has 0 bridgehead atoms. The first-order chi connectivity index (χ1) is 9.02. The van der Waals surface area contributed by atoms with Crippen LogP contribution in [0.5, 0.6) is 0 Å². The van der Waals surface area contributed by atoms with Crippen LogP contribution in [-0.4, -0.2) is 31.2 Å². The van der Waals surface area contributed by atoms with Crippen molar-refractivity contribution in [3.05, 3.63) is 28.2 Å². The molecule has 6 heteroatoms. The zero-order chi connectivity index (χ0) is 13.9. The third-order valence-corrected chi connectivity index (χ3v) is 3.42. The van der Waals surface area contributed by atoms with E-state index in [1.165, 1.54) is 0 Å². The Labute approximate surface area is 120 Å². The van der Waals surface area contributed by atoms with Crippen LogP contribution in [0, 0.1) is 11.3 Å². The van der Waals surface area contributed by atoms with Crippen molar-refractivity contribution in [2.45, 2.75) is 12.5 Å². The number of hydrogen-bond acceptors (Lipinski definition) is 4. The second-order valence-electron chi connectivity index (χ2n) is 4.69. The Balaban J connectivity index is 1.93. The molecule has 0 aromatic heterocycles. The first-order valence-corrected chi connectivity index (χ1v) is 6.66. The molecule has 1 aliphatic rings. The lowest BCUT2D eigenvalue weighted by Crippen LogP contribution is -2.59. The summed E-state index contributed by atoms with van der Waals surface area (Å²) in [4.78, 5) is 11.8. The monoisotopic (exact) mass is 323 g/mol. The molecule has 0 radical (unpaired) electrons. The first-order valence-electron chi connectivity index (χ1n) is 5.87. The number of benzene rings is 1. The summed E-state index contributed by atoms with van der Waals surface area (Å²) in [5.74, 6) is -0.257. The molecular weight excluding hydrogens is 310 g/mol. The van der Waals surface area contributed by atoms with Crippen LogP contribution in [0.1, 0.15) is 12.5 Å². The molecule has 0 saturated carbocycles. The van der Waals surface area contributed by atoms with Crippen LogP contribution in [0.4, 0.5) is 5.69 Å². The van der Waals surface area contributed by atoms with Crippen molar-refractivity contribution in [1.82, 2.24) is 5.32 Å². The predicted molar refractivity (Wildman–Crippen MR) is 74.7 cm³/mol. The van der Waals surface area contributed by atoms with Gasteiger partial charge in [-0.2, -0.15) is 5.26 Å². The van der Waals surface area contributed by atoms with Gasteiger partial charge in [-0.15, -0.1) is 0 Å². The smallest absolute Gasteiger partial charge is 0.250 e. The fraction of sp³-hybridized carbons (Fsp3) is 0.385. The van der Waals surface area contributed by atoms with Crippen LogP contribution in [-0.2, 0) is 9.53 Å². The molecule has 0 spiro atoms. The third-order valence-electron chi connectivity index (χ3n) is 2.93. The van der Waals surface area contributed by atoms with Gasteiger partial charge in [-0.3, -0.25) is 4.79 Å². The summed E-state index contributed by atoms with van der Waals surface area (Å²) < 4.78 is 6.33. The van der Waals surface area contributed by atoms with Crippen molar-refractivity contribution in [3.63, 3.8) is 0 Å². The minimum Gasteiger partial charge on any atom is -0.363 e. The minimum absolute atomic E-state index is 0.0148. The molecule has 5 nitrogen and oxygen atoms in total. The van der Waals surface area contributed by atoms with E-state index in [1.54, 1.807) is 18.2 Å². The highest BCUT2D eigenvalue weighted by molar-refractivity contribution is 9.10. The lowest BCUT2D eigenvalue weighted by molar-refractivity contribution is -0.130. The van der Waals surface area contributed by atoms with E-state index >= 15 is 0 Å². The molecule has 1 saturated heterocycles. The average molecular weight is 324 g/mol. The number of carbonyl (C=O) groups is 1. The number of amides is 1. The summed E-state index contributed by atoms with van der Waals surface area (Å²) in [5.41, 5.74) is 0.658. The van der Waals surface area contributed by atoms with Gasteiger partial charge in [0.1, 0.15) is 12.7 Å². The molecule has 1 heterocycles. The predicted octanol–water partition coefficient (Wildman–Crippen LogP) is 1.64. The fourth-order valence-corrected chi connectivity index (χ4v) is 2.08. The van der Waals surface area contributed by atoms with Crippen LogP contribution < -0.4 is 10.6 Å². The van der Waals surface area contributed by atoms with Gasteiger partial charge in [-0.05, 0) is 25.1 Å². The maximum Gasteiger partial charge on any atom is 0.250 e. The highest BCUT2D eigenvalue weighted by Gasteiger charge is 2.33. The van der Waals surface area contributed by atoms with Crippen LogP contribution in [0.15, 0.2) is 22.7 Å². The van der Waals surface area contributed by atoms with Crippen LogP contribution in [0.3, 0.4) is 0 Å². The van der Waals surface area contributed by atoms with Crippen molar-refractivity contribution in [2.24, 2.45) is 0 Å². The third kappa shape index (κ3) is 3.53. The molecule has 0 aliphatic carbocycles. The highest BCUT2D eigenvalue weighted by atomic mass is 79.9. The Hall–Kier alpha value is -1.42. The topological polar surface area (TPSA) is 74.1 Å². The molecule has 1 fully saturated rings. The zero-order valence-corrected chi connectivity index (χ0v) is 12.1. The number of hydrogen-bond donors (Lipinski definition) is 2. The summed E-state index contributed by atoms with van der Waals surface area (Å²) in [7, 11) is 0. The van der Waals surface area contributed by atoms with E-state index in [1.807, 2.05) is 13.0 Å². The van der Waals surface area contributed by atoms with Crippen LogP contribution in [0.2, 0.25) is 0 Å². The summed E-state index contributed by atoms with van der Waals surface area (Å²) >= 11 is 3.28. The van der Waals surface area contributed by atoms with Crippen molar-refractivity contribution in [3.8, 4) is 6.07 Å². The molecule has 2 N–H and O–H groups in total. The first kappa shape index (κ1) is 14.0. The van der Waals surface area contributed by atoms with E-state index in [4.69, 9.17) is 10.00 Å². The van der Waals surface area contributed by atoms with Crippen molar-refractivity contribution >= 4 is 27.5 Å². The fourth-order valence-electron chi connectivity index (χ4n) is 1.72. The Morgan fingerprint density at radius 1 is 1.63 bits per heavy atom. The molecule has 1 aromatic rings. The summed E-state index contributed by atoms with van der Waals surface area (Å²) in [5, 5.41) is 14.8. The molecule has 1 amide bonds. The number of ether oxygens (including phenoxy) is 1. The van der Waals surface area contributed by atoms with Gasteiger partial charge < -0.3 is 15.4 Å². The second-order valence-corrected chi connectivity index (χ2v) is 5.61. The number of rotatable bonds is 4. The summed E-state index contributed by atoms with van der Waals surface area (Å²) in [6, 6.07) is 7.16. The number of nitriles is 1. The maximum atomic E-state index is 11.8. The van der Waals surface area contributed by atoms with Crippen molar-refractivity contribution in [1.29, 1.82) is 5.26 Å². The number of anilines is 1. The zero-order valence-electron chi connectivity index (χ0n) is 10.5. The molecule has 1 aromatic carbocycles. The van der Waals surface area contributed by atoms with Gasteiger partial charge in [0, 0.05) is 17.6 Å². The lowest BCUT2D eigenvalue weighted by Gasteiger charge is -2.38. The molecule has 1 aliphatic heterocycles. The molecular formula is C13H14BrN3O2. The van der Waals surface area contributed by atoms with Gasteiger partial charge in [0.15, 0.2) is 0 Å². The Kier molecular flexibility index (Phi) is 4.20. The largest absolute Gasteiger partial charge is 0.363 e. The SMILES string of the molecule is CC1(OCC(=O)Nc2ccc(Br)cc2C#N)CNC1. The van der Waals surface area contributed by atoms with E-state index in [-0.39, 0.29) is 18.1 Å². The standard InChI is InChI=1S/C13H14BrN3O2/c1-13(7-16-8-13)19-6-12(18)17-11-3-2-10(14)4-9(11)5-15/h2-4,16H,6-8H2,1H3,(H,17,18). The minimum atomic E-state index is -0.257. The Bertz CT molecular complexity index is 535. The Morgan fingerprint density at radius 3 is 2.95 bits per heavy atom.